The zero-order chi connectivity index (χ0) is 23.4. The minimum Gasteiger partial charge on any atom is -0.481 e. The summed E-state index contributed by atoms with van der Waals surface area (Å²) in [7, 11) is -2.43. The molecule has 1 unspecified atom stereocenters. The minimum atomic E-state index is -3.92. The summed E-state index contributed by atoms with van der Waals surface area (Å²) in [6, 6.07) is 7.86. The first-order valence-electron chi connectivity index (χ1n) is 10.5. The molecule has 0 saturated carbocycles. The summed E-state index contributed by atoms with van der Waals surface area (Å²) in [5.41, 5.74) is 7.65. The van der Waals surface area contributed by atoms with Gasteiger partial charge in [-0.2, -0.15) is 0 Å². The van der Waals surface area contributed by atoms with Crippen molar-refractivity contribution < 1.29 is 28.5 Å². The number of nitrogens with two attached hydrogens (primary N) is 1. The highest BCUT2D eigenvalue weighted by Gasteiger charge is 2.56. The number of aromatic nitrogens is 1. The van der Waals surface area contributed by atoms with E-state index in [0.29, 0.717) is 42.9 Å². The Labute approximate surface area is 186 Å². The van der Waals surface area contributed by atoms with E-state index in [1.807, 2.05) is 4.90 Å². The van der Waals surface area contributed by atoms with Crippen LogP contribution in [0.25, 0.3) is 11.1 Å². The van der Waals surface area contributed by atoms with Gasteiger partial charge in [0.25, 0.3) is 0 Å². The minimum absolute atomic E-state index is 0.0584. The number of benzene rings is 1. The fourth-order valence-electron chi connectivity index (χ4n) is 4.21. The molecular weight excluding hydrogens is 436 g/mol. The van der Waals surface area contributed by atoms with Crippen molar-refractivity contribution in [3.8, 4) is 17.0 Å². The van der Waals surface area contributed by atoms with Crippen LogP contribution >= 0.6 is 7.37 Å². The lowest BCUT2D eigenvalue weighted by atomic mass is 9.97. The fraction of sp³-hybridized carbons (Fsp3) is 0.455. The normalized spacial score (nSPS) is 23.8. The third kappa shape index (κ3) is 5.02. The Morgan fingerprint density at radius 1 is 1.34 bits per heavy atom. The molecular formula is C22H29FN3O5P. The molecule has 1 fully saturated rings. The van der Waals surface area contributed by atoms with Gasteiger partial charge in [-0.1, -0.05) is 12.5 Å². The van der Waals surface area contributed by atoms with Gasteiger partial charge in [-0.25, -0.2) is 9.37 Å². The number of pyridine rings is 1. The van der Waals surface area contributed by atoms with Crippen LogP contribution in [0.3, 0.4) is 0 Å². The molecule has 0 aliphatic carbocycles. The van der Waals surface area contributed by atoms with Crippen LogP contribution in [0, 0.1) is 5.82 Å². The van der Waals surface area contributed by atoms with E-state index in [-0.39, 0.29) is 25.7 Å². The van der Waals surface area contributed by atoms with Crippen LogP contribution in [-0.2, 0) is 15.9 Å². The quantitative estimate of drug-likeness (QED) is 0.381. The van der Waals surface area contributed by atoms with Gasteiger partial charge in [0, 0.05) is 38.1 Å². The molecule has 0 bridgehead atoms. The van der Waals surface area contributed by atoms with Crippen LogP contribution in [0.5, 0.6) is 5.88 Å². The standard InChI is InChI=1S/C22H29FN3O5P/c1-31-20-12-16(6-9-25-20)19-13-18(23)5-4-17(19)14-26-10-11-32(29,30)22(15-26,21(27)28)7-2-3-8-24/h4-6,9,12-13H,2-3,7-8,10-11,14-15,24H2,1H3,(H,27,28)(H,29,30)/t22-/m0/s1. The van der Waals surface area contributed by atoms with Crippen LogP contribution in [0.1, 0.15) is 24.8 Å². The third-order valence-electron chi connectivity index (χ3n) is 6.04. The zero-order valence-corrected chi connectivity index (χ0v) is 18.9. The number of carboxylic acid groups (broad SMARTS) is 1. The van der Waals surface area contributed by atoms with Crippen LogP contribution in [0.2, 0.25) is 0 Å². The highest BCUT2D eigenvalue weighted by Crippen LogP contribution is 2.59. The van der Waals surface area contributed by atoms with Crippen molar-refractivity contribution in [3.63, 3.8) is 0 Å². The number of hydrogen-bond donors (Lipinski definition) is 3. The van der Waals surface area contributed by atoms with E-state index in [1.165, 1.54) is 19.2 Å². The molecule has 1 aliphatic rings. The average Bonchev–Trinajstić information content (AvgIpc) is 2.77. The van der Waals surface area contributed by atoms with Crippen molar-refractivity contribution in [1.82, 2.24) is 9.88 Å². The Morgan fingerprint density at radius 2 is 2.12 bits per heavy atom. The molecule has 0 radical (unpaired) electrons. The molecule has 2 aromatic rings. The van der Waals surface area contributed by atoms with Crippen LogP contribution in [-0.4, -0.2) is 63.9 Å². The van der Waals surface area contributed by atoms with Gasteiger partial charge in [-0.3, -0.25) is 14.3 Å². The summed E-state index contributed by atoms with van der Waals surface area (Å²) < 4.78 is 32.2. The zero-order valence-electron chi connectivity index (χ0n) is 18.0. The van der Waals surface area contributed by atoms with Gasteiger partial charge in [0.1, 0.15) is 5.82 Å². The van der Waals surface area contributed by atoms with E-state index in [9.17, 15) is 23.7 Å². The number of carbonyl (C=O) groups is 1. The van der Waals surface area contributed by atoms with Gasteiger partial charge in [0.15, 0.2) is 5.16 Å². The van der Waals surface area contributed by atoms with Gasteiger partial charge in [0.05, 0.1) is 7.11 Å². The molecule has 1 aromatic heterocycles. The van der Waals surface area contributed by atoms with Crippen molar-refractivity contribution in [1.29, 1.82) is 0 Å². The van der Waals surface area contributed by atoms with E-state index in [0.717, 1.165) is 5.56 Å². The number of unbranched alkanes of at least 4 members (excludes halogenated alkanes) is 1. The smallest absolute Gasteiger partial charge is 0.320 e. The van der Waals surface area contributed by atoms with Gasteiger partial charge < -0.3 is 20.5 Å². The van der Waals surface area contributed by atoms with Crippen LogP contribution in [0.15, 0.2) is 36.5 Å². The molecule has 1 saturated heterocycles. The predicted octanol–water partition coefficient (Wildman–Crippen LogP) is 2.93. The number of methoxy groups -OCH3 is 1. The summed E-state index contributed by atoms with van der Waals surface area (Å²) in [5, 5.41) is 8.24. The van der Waals surface area contributed by atoms with Crippen molar-refractivity contribution in [3.05, 3.63) is 47.9 Å². The molecule has 1 aromatic carbocycles. The first kappa shape index (κ1) is 24.3. The van der Waals surface area contributed by atoms with Crippen LogP contribution < -0.4 is 10.5 Å². The Hall–Kier alpha value is -2.32. The number of hydrogen-bond acceptors (Lipinski definition) is 6. The third-order valence-corrected chi connectivity index (χ3v) is 8.74. The Bertz CT molecular complexity index is 1020. The molecule has 8 nitrogen and oxygen atoms in total. The molecule has 0 spiro atoms. The van der Waals surface area contributed by atoms with Crippen molar-refractivity contribution in [2.24, 2.45) is 5.73 Å². The number of aliphatic carboxylic acids is 1. The molecule has 2 heterocycles. The first-order chi connectivity index (χ1) is 15.2. The lowest BCUT2D eigenvalue weighted by Crippen LogP contribution is -2.53. The number of halogens is 1. The molecule has 174 valence electrons. The molecule has 3 rings (SSSR count). The average molecular weight is 465 g/mol. The lowest BCUT2D eigenvalue weighted by molar-refractivity contribution is -0.141. The number of rotatable bonds is 9. The number of carboxylic acids is 1. The van der Waals surface area contributed by atoms with Crippen molar-refractivity contribution >= 4 is 13.3 Å². The SMILES string of the molecule is COc1cc(-c2cc(F)ccc2CN2CCP(=O)(O)[C@](CCCCN)(C(=O)O)C2)ccn1. The van der Waals surface area contributed by atoms with E-state index in [1.54, 1.807) is 24.4 Å². The van der Waals surface area contributed by atoms with Gasteiger partial charge in [-0.05, 0) is 54.3 Å². The molecule has 2 atom stereocenters. The Balaban J connectivity index is 1.92. The summed E-state index contributed by atoms with van der Waals surface area (Å²) in [6.45, 7) is 0.920. The van der Waals surface area contributed by atoms with Crippen molar-refractivity contribution in [2.45, 2.75) is 31.0 Å². The fourth-order valence-corrected chi connectivity index (χ4v) is 6.42. The predicted molar refractivity (Wildman–Crippen MR) is 119 cm³/mol. The summed E-state index contributed by atoms with van der Waals surface area (Å²) >= 11 is 0. The Kier molecular flexibility index (Phi) is 7.67. The number of ether oxygens (including phenoxy) is 1. The first-order valence-corrected chi connectivity index (χ1v) is 12.3. The Morgan fingerprint density at radius 3 is 2.81 bits per heavy atom. The summed E-state index contributed by atoms with van der Waals surface area (Å²) in [6.07, 6.45) is 2.59. The maximum absolute atomic E-state index is 14.1. The summed E-state index contributed by atoms with van der Waals surface area (Å²) in [5.74, 6) is -1.27. The number of nitrogens with zero attached hydrogens (tertiary/aromatic N) is 2. The highest BCUT2D eigenvalue weighted by molar-refractivity contribution is 7.61. The van der Waals surface area contributed by atoms with E-state index >= 15 is 0 Å². The topological polar surface area (TPSA) is 126 Å². The van der Waals surface area contributed by atoms with E-state index in [2.05, 4.69) is 4.98 Å². The molecule has 10 heteroatoms. The van der Waals surface area contributed by atoms with E-state index < -0.39 is 24.3 Å². The maximum atomic E-state index is 14.1. The maximum Gasteiger partial charge on any atom is 0.320 e. The van der Waals surface area contributed by atoms with Crippen LogP contribution in [0.4, 0.5) is 4.39 Å². The summed E-state index contributed by atoms with van der Waals surface area (Å²) in [4.78, 5) is 28.8. The largest absolute Gasteiger partial charge is 0.481 e. The van der Waals surface area contributed by atoms with Gasteiger partial charge >= 0.3 is 5.97 Å². The van der Waals surface area contributed by atoms with E-state index in [4.69, 9.17) is 10.5 Å². The molecule has 1 aliphatic heterocycles. The second-order valence-corrected chi connectivity index (χ2v) is 10.8. The van der Waals surface area contributed by atoms with Crippen molar-refractivity contribution in [2.75, 3.05) is 32.9 Å². The highest BCUT2D eigenvalue weighted by atomic mass is 31.2. The van der Waals surface area contributed by atoms with Gasteiger partial charge in [0.2, 0.25) is 13.2 Å². The molecule has 0 amide bonds. The monoisotopic (exact) mass is 465 g/mol. The second kappa shape index (κ2) is 10.1. The second-order valence-electron chi connectivity index (χ2n) is 8.11. The molecule has 32 heavy (non-hydrogen) atoms. The molecule has 4 N–H and O–H groups in total. The lowest BCUT2D eigenvalue weighted by Gasteiger charge is -2.43. The van der Waals surface area contributed by atoms with Gasteiger partial charge in [-0.15, -0.1) is 0 Å².